The number of nitrogens with two attached hydrogens (primary N) is 1. The molecule has 1 aliphatic rings. The molecule has 0 bridgehead atoms. The van der Waals surface area contributed by atoms with Crippen LogP contribution in [0.2, 0.25) is 0 Å². The van der Waals surface area contributed by atoms with E-state index in [2.05, 4.69) is 24.4 Å². The SMILES string of the molecule is CCCCCCNC(=O)OCC1c2ccccc2-c2cc(N)ccc21. The number of unbranched alkanes of at least 4 members (excludes halogenated alkanes) is 3. The highest BCUT2D eigenvalue weighted by molar-refractivity contribution is 5.81. The molecular weight excluding hydrogens is 312 g/mol. The Bertz CT molecular complexity index is 742. The van der Waals surface area contributed by atoms with Crippen LogP contribution in [0.4, 0.5) is 10.5 Å². The monoisotopic (exact) mass is 338 g/mol. The van der Waals surface area contributed by atoms with Gasteiger partial charge in [-0.15, -0.1) is 0 Å². The van der Waals surface area contributed by atoms with Crippen LogP contribution in [-0.2, 0) is 4.74 Å². The van der Waals surface area contributed by atoms with E-state index in [1.165, 1.54) is 29.5 Å². The van der Waals surface area contributed by atoms with Gasteiger partial charge in [-0.25, -0.2) is 4.79 Å². The molecule has 0 spiro atoms. The molecule has 1 unspecified atom stereocenters. The number of nitrogens with one attached hydrogen (secondary N) is 1. The zero-order valence-corrected chi connectivity index (χ0v) is 14.8. The normalized spacial score (nSPS) is 14.7. The number of benzene rings is 2. The van der Waals surface area contributed by atoms with Crippen molar-refractivity contribution in [2.75, 3.05) is 18.9 Å². The van der Waals surface area contributed by atoms with E-state index in [4.69, 9.17) is 10.5 Å². The highest BCUT2D eigenvalue weighted by atomic mass is 16.5. The molecule has 0 aliphatic heterocycles. The van der Waals surface area contributed by atoms with Gasteiger partial charge in [0.15, 0.2) is 0 Å². The number of ether oxygens (including phenoxy) is 1. The first-order chi connectivity index (χ1) is 12.2. The van der Waals surface area contributed by atoms with Gasteiger partial charge in [-0.1, -0.05) is 56.5 Å². The summed E-state index contributed by atoms with van der Waals surface area (Å²) in [6.07, 6.45) is 4.20. The third-order valence-corrected chi connectivity index (χ3v) is 4.76. The van der Waals surface area contributed by atoms with Crippen LogP contribution < -0.4 is 11.1 Å². The van der Waals surface area contributed by atoms with Crippen LogP contribution in [0.15, 0.2) is 42.5 Å². The van der Waals surface area contributed by atoms with Crippen molar-refractivity contribution in [3.63, 3.8) is 0 Å². The molecular formula is C21H26N2O2. The maximum atomic E-state index is 12.0. The quantitative estimate of drug-likeness (QED) is 0.569. The first kappa shape index (κ1) is 17.3. The number of fused-ring (bicyclic) bond motifs is 3. The van der Waals surface area contributed by atoms with Gasteiger partial charge in [0.05, 0.1) is 0 Å². The molecule has 0 saturated heterocycles. The Morgan fingerprint density at radius 1 is 1.08 bits per heavy atom. The molecule has 132 valence electrons. The minimum Gasteiger partial charge on any atom is -0.449 e. The number of amides is 1. The van der Waals surface area contributed by atoms with Crippen LogP contribution in [-0.4, -0.2) is 19.2 Å². The van der Waals surface area contributed by atoms with Gasteiger partial charge in [0.25, 0.3) is 0 Å². The van der Waals surface area contributed by atoms with Gasteiger partial charge in [0.1, 0.15) is 6.61 Å². The highest BCUT2D eigenvalue weighted by Crippen LogP contribution is 2.45. The number of hydrogen-bond donors (Lipinski definition) is 2. The van der Waals surface area contributed by atoms with Gasteiger partial charge in [0.2, 0.25) is 0 Å². The first-order valence-corrected chi connectivity index (χ1v) is 9.10. The van der Waals surface area contributed by atoms with Gasteiger partial charge >= 0.3 is 6.09 Å². The molecule has 4 nitrogen and oxygen atoms in total. The van der Waals surface area contributed by atoms with E-state index in [0.29, 0.717) is 13.2 Å². The third kappa shape index (κ3) is 3.95. The lowest BCUT2D eigenvalue weighted by Gasteiger charge is -2.14. The van der Waals surface area contributed by atoms with Gasteiger partial charge in [0, 0.05) is 18.2 Å². The number of carbonyl (C=O) groups excluding carboxylic acids is 1. The fraction of sp³-hybridized carbons (Fsp3) is 0.381. The van der Waals surface area contributed by atoms with Crippen molar-refractivity contribution in [3.8, 4) is 11.1 Å². The van der Waals surface area contributed by atoms with Crippen molar-refractivity contribution in [1.29, 1.82) is 0 Å². The Kier molecular flexibility index (Phi) is 5.59. The van der Waals surface area contributed by atoms with Gasteiger partial charge < -0.3 is 15.8 Å². The number of carbonyl (C=O) groups is 1. The van der Waals surface area contributed by atoms with Crippen molar-refractivity contribution < 1.29 is 9.53 Å². The van der Waals surface area contributed by atoms with Crippen molar-refractivity contribution in [2.24, 2.45) is 0 Å². The standard InChI is InChI=1S/C21H26N2O2/c1-2-3-4-7-12-23-21(24)25-14-20-17-9-6-5-8-16(17)19-13-15(22)10-11-18(19)20/h5-6,8-11,13,20H,2-4,7,12,14,22H2,1H3,(H,23,24). The minimum atomic E-state index is -0.335. The lowest BCUT2D eigenvalue weighted by atomic mass is 9.98. The number of nitrogen functional groups attached to an aromatic ring is 1. The van der Waals surface area contributed by atoms with E-state index >= 15 is 0 Å². The van der Waals surface area contributed by atoms with Crippen molar-refractivity contribution in [1.82, 2.24) is 5.32 Å². The number of hydrogen-bond acceptors (Lipinski definition) is 3. The van der Waals surface area contributed by atoms with Gasteiger partial charge in [-0.05, 0) is 40.8 Å². The lowest BCUT2D eigenvalue weighted by Crippen LogP contribution is -2.27. The Morgan fingerprint density at radius 2 is 1.88 bits per heavy atom. The van der Waals surface area contributed by atoms with Crippen LogP contribution in [0.3, 0.4) is 0 Å². The zero-order chi connectivity index (χ0) is 17.6. The van der Waals surface area contributed by atoms with E-state index in [-0.39, 0.29) is 12.0 Å². The van der Waals surface area contributed by atoms with Crippen LogP contribution in [0.25, 0.3) is 11.1 Å². The average molecular weight is 338 g/mol. The van der Waals surface area contributed by atoms with Crippen LogP contribution in [0.1, 0.15) is 49.7 Å². The van der Waals surface area contributed by atoms with Crippen LogP contribution >= 0.6 is 0 Å². The predicted octanol–water partition coefficient (Wildman–Crippen LogP) is 4.69. The topological polar surface area (TPSA) is 64.3 Å². The molecule has 3 rings (SSSR count). The van der Waals surface area contributed by atoms with Crippen LogP contribution in [0.5, 0.6) is 0 Å². The average Bonchev–Trinajstić information content (AvgIpc) is 2.93. The Labute approximate surface area is 149 Å². The van der Waals surface area contributed by atoms with Crippen LogP contribution in [0, 0.1) is 0 Å². The summed E-state index contributed by atoms with van der Waals surface area (Å²) in [6, 6.07) is 14.2. The minimum absolute atomic E-state index is 0.0673. The van der Waals surface area contributed by atoms with E-state index in [0.717, 1.165) is 24.1 Å². The number of anilines is 1. The van der Waals surface area contributed by atoms with Crippen molar-refractivity contribution in [2.45, 2.75) is 38.5 Å². The molecule has 3 N–H and O–H groups in total. The summed E-state index contributed by atoms with van der Waals surface area (Å²) in [4.78, 5) is 12.0. The maximum absolute atomic E-state index is 12.0. The molecule has 25 heavy (non-hydrogen) atoms. The summed E-state index contributed by atoms with van der Waals surface area (Å²) < 4.78 is 5.50. The summed E-state index contributed by atoms with van der Waals surface area (Å²) >= 11 is 0. The zero-order valence-electron chi connectivity index (χ0n) is 14.8. The number of rotatable bonds is 7. The molecule has 1 amide bonds. The third-order valence-electron chi connectivity index (χ3n) is 4.76. The Hall–Kier alpha value is -2.49. The Balaban J connectivity index is 1.62. The summed E-state index contributed by atoms with van der Waals surface area (Å²) in [5.41, 5.74) is 11.4. The van der Waals surface area contributed by atoms with E-state index in [1.54, 1.807) is 0 Å². The molecule has 1 aliphatic carbocycles. The van der Waals surface area contributed by atoms with Gasteiger partial charge in [-0.3, -0.25) is 0 Å². The first-order valence-electron chi connectivity index (χ1n) is 9.10. The van der Waals surface area contributed by atoms with E-state index in [9.17, 15) is 4.79 Å². The molecule has 0 aromatic heterocycles. The molecule has 1 atom stereocenters. The molecule has 2 aromatic rings. The smallest absolute Gasteiger partial charge is 0.407 e. The molecule has 0 saturated carbocycles. The molecule has 2 aromatic carbocycles. The summed E-state index contributed by atoms with van der Waals surface area (Å²) in [7, 11) is 0. The fourth-order valence-electron chi connectivity index (χ4n) is 3.46. The van der Waals surface area contributed by atoms with E-state index in [1.807, 2.05) is 30.3 Å². The maximum Gasteiger partial charge on any atom is 0.407 e. The summed E-state index contributed by atoms with van der Waals surface area (Å²) in [6.45, 7) is 3.19. The van der Waals surface area contributed by atoms with Crippen molar-refractivity contribution in [3.05, 3.63) is 53.6 Å². The van der Waals surface area contributed by atoms with Crippen molar-refractivity contribution >= 4 is 11.8 Å². The lowest BCUT2D eigenvalue weighted by molar-refractivity contribution is 0.143. The highest BCUT2D eigenvalue weighted by Gasteiger charge is 2.29. The molecule has 0 radical (unpaired) electrons. The second-order valence-electron chi connectivity index (χ2n) is 6.57. The summed E-state index contributed by atoms with van der Waals surface area (Å²) in [5.74, 6) is 0.0673. The fourth-order valence-corrected chi connectivity index (χ4v) is 3.46. The largest absolute Gasteiger partial charge is 0.449 e. The number of alkyl carbamates (subject to hydrolysis) is 1. The molecule has 4 heteroatoms. The second kappa shape index (κ2) is 8.06. The Morgan fingerprint density at radius 3 is 2.72 bits per heavy atom. The van der Waals surface area contributed by atoms with Gasteiger partial charge in [-0.2, -0.15) is 0 Å². The molecule has 0 heterocycles. The second-order valence-corrected chi connectivity index (χ2v) is 6.57. The predicted molar refractivity (Wildman–Crippen MR) is 102 cm³/mol. The van der Waals surface area contributed by atoms with E-state index < -0.39 is 0 Å². The molecule has 0 fully saturated rings. The summed E-state index contributed by atoms with van der Waals surface area (Å²) in [5, 5.41) is 2.84.